The van der Waals surface area contributed by atoms with E-state index in [1.807, 2.05) is 23.9 Å². The van der Waals surface area contributed by atoms with Gasteiger partial charge in [0.15, 0.2) is 0 Å². The van der Waals surface area contributed by atoms with Gasteiger partial charge in [-0.2, -0.15) is 5.10 Å². The number of hydrogen-bond acceptors (Lipinski definition) is 5. The monoisotopic (exact) mass is 353 g/mol. The average Bonchev–Trinajstić information content (AvgIpc) is 2.83. The topological polar surface area (TPSA) is 64.9 Å². The standard InChI is InChI=1S/C14H20BrN5O/c1-4-16-13(12-5-6-17-10(2)19-12)14-11(15)9-18-20(14)7-8-21-3/h5-6,9,13,16H,4,7-8H2,1-3H3. The summed E-state index contributed by atoms with van der Waals surface area (Å²) in [5.41, 5.74) is 1.98. The van der Waals surface area contributed by atoms with Gasteiger partial charge in [-0.25, -0.2) is 9.97 Å². The van der Waals surface area contributed by atoms with Gasteiger partial charge in [0.05, 0.1) is 41.3 Å². The Bertz CT molecular complexity index is 586. The second-order valence-electron chi connectivity index (χ2n) is 4.61. The number of aryl methyl sites for hydroxylation is 1. The van der Waals surface area contributed by atoms with Gasteiger partial charge >= 0.3 is 0 Å². The molecule has 6 nitrogen and oxygen atoms in total. The lowest BCUT2D eigenvalue weighted by Crippen LogP contribution is -2.27. The summed E-state index contributed by atoms with van der Waals surface area (Å²) >= 11 is 3.59. The van der Waals surface area contributed by atoms with E-state index in [1.165, 1.54) is 0 Å². The highest BCUT2D eigenvalue weighted by atomic mass is 79.9. The maximum atomic E-state index is 5.15. The molecule has 2 heterocycles. The third-order valence-corrected chi connectivity index (χ3v) is 3.73. The van der Waals surface area contributed by atoms with Gasteiger partial charge in [-0.3, -0.25) is 4.68 Å². The molecule has 0 radical (unpaired) electrons. The first-order valence-electron chi connectivity index (χ1n) is 6.90. The number of halogens is 1. The van der Waals surface area contributed by atoms with Crippen molar-refractivity contribution in [2.75, 3.05) is 20.3 Å². The minimum absolute atomic E-state index is 0.0366. The Labute approximate surface area is 133 Å². The Hall–Kier alpha value is -1.31. The molecule has 0 amide bonds. The summed E-state index contributed by atoms with van der Waals surface area (Å²) in [5.74, 6) is 0.759. The maximum absolute atomic E-state index is 5.15. The highest BCUT2D eigenvalue weighted by Gasteiger charge is 2.22. The van der Waals surface area contributed by atoms with Crippen LogP contribution in [-0.2, 0) is 11.3 Å². The fourth-order valence-corrected chi connectivity index (χ4v) is 2.72. The lowest BCUT2D eigenvalue weighted by Gasteiger charge is -2.20. The van der Waals surface area contributed by atoms with Crippen molar-refractivity contribution < 1.29 is 4.74 Å². The molecule has 2 aromatic heterocycles. The van der Waals surface area contributed by atoms with E-state index in [0.717, 1.165) is 28.2 Å². The Morgan fingerprint density at radius 2 is 2.29 bits per heavy atom. The molecule has 0 aliphatic carbocycles. The number of aromatic nitrogens is 4. The van der Waals surface area contributed by atoms with E-state index in [4.69, 9.17) is 4.74 Å². The zero-order valence-electron chi connectivity index (χ0n) is 12.5. The number of nitrogens with one attached hydrogen (secondary N) is 1. The zero-order chi connectivity index (χ0) is 15.2. The molecule has 0 bridgehead atoms. The molecule has 114 valence electrons. The van der Waals surface area contributed by atoms with E-state index in [1.54, 1.807) is 13.3 Å². The van der Waals surface area contributed by atoms with Crippen LogP contribution in [0, 0.1) is 6.92 Å². The molecule has 0 spiro atoms. The largest absolute Gasteiger partial charge is 0.383 e. The van der Waals surface area contributed by atoms with E-state index in [9.17, 15) is 0 Å². The van der Waals surface area contributed by atoms with Crippen molar-refractivity contribution in [2.24, 2.45) is 0 Å². The lowest BCUT2D eigenvalue weighted by molar-refractivity contribution is 0.182. The van der Waals surface area contributed by atoms with E-state index >= 15 is 0 Å². The Balaban J connectivity index is 2.40. The first-order chi connectivity index (χ1) is 10.2. The summed E-state index contributed by atoms with van der Waals surface area (Å²) in [6.07, 6.45) is 3.59. The molecule has 21 heavy (non-hydrogen) atoms. The van der Waals surface area contributed by atoms with Crippen LogP contribution in [0.5, 0.6) is 0 Å². The van der Waals surface area contributed by atoms with Crippen molar-refractivity contribution in [3.05, 3.63) is 40.1 Å². The van der Waals surface area contributed by atoms with Crippen molar-refractivity contribution in [3.8, 4) is 0 Å². The number of nitrogens with zero attached hydrogens (tertiary/aromatic N) is 4. The van der Waals surface area contributed by atoms with Gasteiger partial charge in [0.25, 0.3) is 0 Å². The quantitative estimate of drug-likeness (QED) is 0.825. The first-order valence-corrected chi connectivity index (χ1v) is 7.69. The van der Waals surface area contributed by atoms with E-state index in [2.05, 4.69) is 43.2 Å². The fraction of sp³-hybridized carbons (Fsp3) is 0.500. The average molecular weight is 354 g/mol. The van der Waals surface area contributed by atoms with E-state index in [-0.39, 0.29) is 6.04 Å². The number of methoxy groups -OCH3 is 1. The van der Waals surface area contributed by atoms with Crippen LogP contribution in [0.15, 0.2) is 22.9 Å². The van der Waals surface area contributed by atoms with Crippen LogP contribution in [0.25, 0.3) is 0 Å². The summed E-state index contributed by atoms with van der Waals surface area (Å²) in [4.78, 5) is 8.71. The molecule has 0 saturated heterocycles. The smallest absolute Gasteiger partial charge is 0.125 e. The molecule has 7 heteroatoms. The van der Waals surface area contributed by atoms with Gasteiger partial charge in [0.1, 0.15) is 5.82 Å². The van der Waals surface area contributed by atoms with Crippen molar-refractivity contribution in [1.82, 2.24) is 25.1 Å². The molecule has 2 rings (SSSR count). The van der Waals surface area contributed by atoms with E-state index < -0.39 is 0 Å². The van der Waals surface area contributed by atoms with Crippen LogP contribution in [0.4, 0.5) is 0 Å². The number of ether oxygens (including phenoxy) is 1. The highest BCUT2D eigenvalue weighted by Crippen LogP contribution is 2.27. The molecule has 0 aromatic carbocycles. The highest BCUT2D eigenvalue weighted by molar-refractivity contribution is 9.10. The first kappa shape index (κ1) is 16.1. The van der Waals surface area contributed by atoms with Crippen LogP contribution in [-0.4, -0.2) is 40.0 Å². The minimum atomic E-state index is -0.0366. The number of hydrogen-bond donors (Lipinski definition) is 1. The molecule has 0 aliphatic heterocycles. The molecule has 0 saturated carbocycles. The summed E-state index contributed by atoms with van der Waals surface area (Å²) in [6.45, 7) is 6.11. The van der Waals surface area contributed by atoms with Crippen LogP contribution in [0.3, 0.4) is 0 Å². The van der Waals surface area contributed by atoms with Crippen LogP contribution < -0.4 is 5.32 Å². The SMILES string of the molecule is CCNC(c1ccnc(C)n1)c1c(Br)cnn1CCOC. The normalized spacial score (nSPS) is 12.6. The van der Waals surface area contributed by atoms with Crippen molar-refractivity contribution in [1.29, 1.82) is 0 Å². The third kappa shape index (κ3) is 3.87. The Morgan fingerprint density at radius 3 is 2.95 bits per heavy atom. The molecule has 0 fully saturated rings. The lowest BCUT2D eigenvalue weighted by atomic mass is 10.1. The second kappa shape index (κ2) is 7.63. The van der Waals surface area contributed by atoms with Gasteiger partial charge in [-0.1, -0.05) is 6.92 Å². The predicted octanol–water partition coefficient (Wildman–Crippen LogP) is 2.09. The molecule has 1 N–H and O–H groups in total. The molecular formula is C14H20BrN5O. The van der Waals surface area contributed by atoms with Gasteiger partial charge in [-0.15, -0.1) is 0 Å². The summed E-state index contributed by atoms with van der Waals surface area (Å²) in [7, 11) is 1.69. The maximum Gasteiger partial charge on any atom is 0.125 e. The molecule has 0 aliphatic rings. The zero-order valence-corrected chi connectivity index (χ0v) is 14.1. The minimum Gasteiger partial charge on any atom is -0.383 e. The van der Waals surface area contributed by atoms with Gasteiger partial charge in [0, 0.05) is 13.3 Å². The Kier molecular flexibility index (Phi) is 5.84. The van der Waals surface area contributed by atoms with Gasteiger partial charge in [-0.05, 0) is 35.5 Å². The summed E-state index contributed by atoms with van der Waals surface area (Å²) in [5, 5.41) is 7.87. The van der Waals surface area contributed by atoms with Gasteiger partial charge < -0.3 is 10.1 Å². The number of rotatable bonds is 7. The molecule has 1 atom stereocenters. The third-order valence-electron chi connectivity index (χ3n) is 3.12. The predicted molar refractivity (Wildman–Crippen MR) is 84.1 cm³/mol. The van der Waals surface area contributed by atoms with Crippen LogP contribution in [0.2, 0.25) is 0 Å². The van der Waals surface area contributed by atoms with E-state index in [0.29, 0.717) is 13.2 Å². The van der Waals surface area contributed by atoms with Crippen molar-refractivity contribution >= 4 is 15.9 Å². The second-order valence-corrected chi connectivity index (χ2v) is 5.47. The Morgan fingerprint density at radius 1 is 1.48 bits per heavy atom. The van der Waals surface area contributed by atoms with Crippen molar-refractivity contribution in [3.63, 3.8) is 0 Å². The summed E-state index contributed by atoms with van der Waals surface area (Å²) in [6, 6.07) is 1.89. The summed E-state index contributed by atoms with van der Waals surface area (Å²) < 4.78 is 8.05. The fourth-order valence-electron chi connectivity index (χ4n) is 2.20. The van der Waals surface area contributed by atoms with Gasteiger partial charge in [0.2, 0.25) is 0 Å². The molecular weight excluding hydrogens is 334 g/mol. The molecule has 1 unspecified atom stereocenters. The van der Waals surface area contributed by atoms with Crippen LogP contribution in [0.1, 0.15) is 30.2 Å². The van der Waals surface area contributed by atoms with Crippen LogP contribution >= 0.6 is 15.9 Å². The van der Waals surface area contributed by atoms with Crippen molar-refractivity contribution in [2.45, 2.75) is 26.4 Å². The molecule has 2 aromatic rings.